The highest BCUT2D eigenvalue weighted by Gasteiger charge is 2.64. The van der Waals surface area contributed by atoms with Crippen molar-refractivity contribution < 1.29 is 9.84 Å². The first-order chi connectivity index (χ1) is 4.38. The lowest BCUT2D eigenvalue weighted by Crippen LogP contribution is -2.18. The number of ether oxygens (including phenoxy) is 1. The second kappa shape index (κ2) is 1.18. The van der Waals surface area contributed by atoms with Gasteiger partial charge in [0.2, 0.25) is 0 Å². The normalized spacial score (nSPS) is 68.3. The second-order valence-corrected chi connectivity index (χ2v) is 3.46. The molecule has 0 spiro atoms. The molecule has 1 heterocycles. The maximum Gasteiger partial charge on any atom is 0.0898 e. The van der Waals surface area contributed by atoms with Gasteiger partial charge < -0.3 is 9.84 Å². The molecule has 2 bridgehead atoms. The van der Waals surface area contributed by atoms with Gasteiger partial charge >= 0.3 is 0 Å². The van der Waals surface area contributed by atoms with E-state index in [2.05, 4.69) is 0 Å². The van der Waals surface area contributed by atoms with Crippen molar-refractivity contribution >= 4 is 0 Å². The topological polar surface area (TPSA) is 32.8 Å². The summed E-state index contributed by atoms with van der Waals surface area (Å²) in [6.07, 6.45) is 3.34. The van der Waals surface area contributed by atoms with Crippen molar-refractivity contribution in [3.05, 3.63) is 0 Å². The van der Waals surface area contributed by atoms with Crippen LogP contribution < -0.4 is 0 Å². The summed E-state index contributed by atoms with van der Waals surface area (Å²) in [6.45, 7) is 0. The monoisotopic (exact) mass is 126 g/mol. The molecule has 3 rings (SSSR count). The minimum Gasteiger partial charge on any atom is -0.392 e. The van der Waals surface area contributed by atoms with Gasteiger partial charge in [-0.15, -0.1) is 0 Å². The molecule has 1 saturated heterocycles. The Kier molecular flexibility index (Phi) is 0.616. The summed E-state index contributed by atoms with van der Waals surface area (Å²) in [5, 5.41) is 9.45. The first-order valence-electron chi connectivity index (χ1n) is 3.71. The summed E-state index contributed by atoms with van der Waals surface area (Å²) in [5.41, 5.74) is 0. The fraction of sp³-hybridized carbons (Fsp3) is 1.00. The van der Waals surface area contributed by atoms with E-state index in [4.69, 9.17) is 4.74 Å². The maximum absolute atomic E-state index is 9.45. The lowest BCUT2D eigenvalue weighted by Gasteiger charge is -2.09. The molecule has 0 radical (unpaired) electrons. The molecule has 0 aromatic carbocycles. The molecule has 3 aliphatic rings. The summed E-state index contributed by atoms with van der Waals surface area (Å²) in [5.74, 6) is 1.03. The van der Waals surface area contributed by atoms with Crippen LogP contribution in [0, 0.1) is 11.8 Å². The number of fused-ring (bicyclic) bond motifs is 5. The summed E-state index contributed by atoms with van der Waals surface area (Å²) < 4.78 is 5.35. The maximum atomic E-state index is 9.45. The van der Waals surface area contributed by atoms with Gasteiger partial charge in [0.1, 0.15) is 0 Å². The fourth-order valence-corrected chi connectivity index (χ4v) is 2.59. The number of epoxide rings is 1. The molecule has 0 amide bonds. The van der Waals surface area contributed by atoms with Crippen LogP contribution in [-0.4, -0.2) is 23.4 Å². The summed E-state index contributed by atoms with van der Waals surface area (Å²) in [7, 11) is 0. The van der Waals surface area contributed by atoms with E-state index in [9.17, 15) is 5.11 Å². The Balaban J connectivity index is 2.00. The molecule has 2 nitrogen and oxygen atoms in total. The van der Waals surface area contributed by atoms with Crippen molar-refractivity contribution in [2.24, 2.45) is 11.8 Å². The third kappa shape index (κ3) is 0.383. The van der Waals surface area contributed by atoms with Crippen molar-refractivity contribution in [1.82, 2.24) is 0 Å². The zero-order valence-electron chi connectivity index (χ0n) is 5.16. The molecule has 0 aromatic rings. The number of hydrogen-bond donors (Lipinski definition) is 1. The van der Waals surface area contributed by atoms with E-state index in [0.29, 0.717) is 24.0 Å². The summed E-state index contributed by atoms with van der Waals surface area (Å²) >= 11 is 0. The van der Waals surface area contributed by atoms with Crippen LogP contribution in [0.4, 0.5) is 0 Å². The Labute approximate surface area is 53.8 Å². The molecule has 2 heteroatoms. The molecular weight excluding hydrogens is 116 g/mol. The molecule has 0 aromatic heterocycles. The number of aliphatic hydroxyl groups excluding tert-OH is 1. The average molecular weight is 126 g/mol. The smallest absolute Gasteiger partial charge is 0.0898 e. The average Bonchev–Trinajstić information content (AvgIpc) is 2.53. The highest BCUT2D eigenvalue weighted by molar-refractivity contribution is 5.12. The van der Waals surface area contributed by atoms with Gasteiger partial charge in [0, 0.05) is 11.8 Å². The van der Waals surface area contributed by atoms with Gasteiger partial charge in [-0.1, -0.05) is 0 Å². The largest absolute Gasteiger partial charge is 0.392 e. The molecule has 50 valence electrons. The van der Waals surface area contributed by atoms with Crippen molar-refractivity contribution in [3.63, 3.8) is 0 Å². The van der Waals surface area contributed by atoms with Gasteiger partial charge in [-0.25, -0.2) is 0 Å². The van der Waals surface area contributed by atoms with E-state index >= 15 is 0 Å². The van der Waals surface area contributed by atoms with Crippen LogP contribution in [0.5, 0.6) is 0 Å². The number of aliphatic hydroxyl groups is 1. The third-order valence-electron chi connectivity index (χ3n) is 3.12. The molecule has 2 aliphatic carbocycles. The van der Waals surface area contributed by atoms with E-state index in [-0.39, 0.29) is 6.10 Å². The fourth-order valence-electron chi connectivity index (χ4n) is 2.59. The van der Waals surface area contributed by atoms with E-state index in [1.165, 1.54) is 12.8 Å². The van der Waals surface area contributed by atoms with Gasteiger partial charge in [0.25, 0.3) is 0 Å². The second-order valence-electron chi connectivity index (χ2n) is 3.46. The van der Waals surface area contributed by atoms with Gasteiger partial charge in [-0.2, -0.15) is 0 Å². The zero-order valence-corrected chi connectivity index (χ0v) is 5.16. The van der Waals surface area contributed by atoms with E-state index in [1.54, 1.807) is 0 Å². The Bertz CT molecular complexity index is 141. The van der Waals surface area contributed by atoms with E-state index < -0.39 is 0 Å². The Morgan fingerprint density at radius 1 is 1.11 bits per heavy atom. The zero-order chi connectivity index (χ0) is 6.01. The Hall–Kier alpha value is -0.0800. The lowest BCUT2D eigenvalue weighted by atomic mass is 10.0. The molecule has 1 N–H and O–H groups in total. The van der Waals surface area contributed by atoms with Crippen LogP contribution in [0.25, 0.3) is 0 Å². The van der Waals surface area contributed by atoms with Crippen LogP contribution in [-0.2, 0) is 4.74 Å². The molecule has 3 fully saturated rings. The highest BCUT2D eigenvalue weighted by atomic mass is 16.6. The van der Waals surface area contributed by atoms with Gasteiger partial charge in [0.15, 0.2) is 0 Å². The Morgan fingerprint density at radius 2 is 1.67 bits per heavy atom. The molecule has 1 aliphatic heterocycles. The van der Waals surface area contributed by atoms with Gasteiger partial charge in [-0.05, 0) is 12.8 Å². The minimum atomic E-state index is -0.00579. The first kappa shape index (κ1) is 4.69. The minimum absolute atomic E-state index is 0.00579. The molecule has 9 heavy (non-hydrogen) atoms. The van der Waals surface area contributed by atoms with Crippen LogP contribution in [0.2, 0.25) is 0 Å². The van der Waals surface area contributed by atoms with Gasteiger partial charge in [0.05, 0.1) is 18.3 Å². The van der Waals surface area contributed by atoms with Crippen LogP contribution in [0.1, 0.15) is 12.8 Å². The van der Waals surface area contributed by atoms with Gasteiger partial charge in [-0.3, -0.25) is 0 Å². The third-order valence-corrected chi connectivity index (χ3v) is 3.12. The van der Waals surface area contributed by atoms with E-state index in [1.807, 2.05) is 0 Å². The van der Waals surface area contributed by atoms with Crippen LogP contribution in [0.15, 0.2) is 0 Å². The standard InChI is InChI=1S/C7H10O2/c8-5-3-1-2-4(5)7-6(3)9-7/h3-8H,1-2H2/t3-,4+,5?,6-,7+. The highest BCUT2D eigenvalue weighted by Crippen LogP contribution is 2.56. The van der Waals surface area contributed by atoms with Crippen LogP contribution >= 0.6 is 0 Å². The number of rotatable bonds is 0. The summed E-state index contributed by atoms with van der Waals surface area (Å²) in [6, 6.07) is 0. The quantitative estimate of drug-likeness (QED) is 0.469. The number of hydrogen-bond acceptors (Lipinski definition) is 2. The lowest BCUT2D eigenvalue weighted by molar-refractivity contribution is 0.0674. The molecule has 5 atom stereocenters. The van der Waals surface area contributed by atoms with Crippen molar-refractivity contribution in [3.8, 4) is 0 Å². The predicted molar refractivity (Wildman–Crippen MR) is 30.9 cm³/mol. The molecular formula is C7H10O2. The Morgan fingerprint density at radius 3 is 2.00 bits per heavy atom. The van der Waals surface area contributed by atoms with Crippen LogP contribution in [0.3, 0.4) is 0 Å². The van der Waals surface area contributed by atoms with Crippen molar-refractivity contribution in [1.29, 1.82) is 0 Å². The van der Waals surface area contributed by atoms with Crippen molar-refractivity contribution in [2.45, 2.75) is 31.2 Å². The summed E-state index contributed by atoms with van der Waals surface area (Å²) in [4.78, 5) is 0. The first-order valence-corrected chi connectivity index (χ1v) is 3.71. The predicted octanol–water partition coefficient (Wildman–Crippen LogP) is 0.154. The molecule has 2 saturated carbocycles. The van der Waals surface area contributed by atoms with Crippen molar-refractivity contribution in [2.75, 3.05) is 0 Å². The molecule has 1 unspecified atom stereocenters. The SMILES string of the molecule is OC1[C@H]2CC[C@@H]1[C@@H]1O[C@@H]12. The van der Waals surface area contributed by atoms with E-state index in [0.717, 1.165) is 0 Å².